The number of nitrogens with one attached hydrogen (secondary N) is 1. The molecule has 0 spiro atoms. The van der Waals surface area contributed by atoms with Gasteiger partial charge in [-0.15, -0.1) is 0 Å². The van der Waals surface area contributed by atoms with Gasteiger partial charge in [0, 0.05) is 31.4 Å². The molecule has 31 heavy (non-hydrogen) atoms. The van der Waals surface area contributed by atoms with Crippen LogP contribution < -0.4 is 10.2 Å². The summed E-state index contributed by atoms with van der Waals surface area (Å²) in [7, 11) is 0. The minimum Gasteiger partial charge on any atom is -0.467 e. The number of ether oxygens (including phenoxy) is 1. The molecule has 6 heteroatoms. The number of carbonyl (C=O) groups excluding carboxylic acids is 1. The zero-order chi connectivity index (χ0) is 21.3. The Morgan fingerprint density at radius 2 is 1.68 bits per heavy atom. The van der Waals surface area contributed by atoms with Crippen LogP contribution in [0.15, 0.2) is 83.5 Å². The third-order valence-electron chi connectivity index (χ3n) is 5.51. The predicted molar refractivity (Wildman–Crippen MR) is 121 cm³/mol. The van der Waals surface area contributed by atoms with E-state index in [2.05, 4.69) is 22.3 Å². The van der Waals surface area contributed by atoms with Crippen molar-refractivity contribution in [2.45, 2.75) is 12.6 Å². The Kier molecular flexibility index (Phi) is 7.50. The largest absolute Gasteiger partial charge is 0.467 e. The Hall–Kier alpha value is -2.93. The zero-order valence-corrected chi connectivity index (χ0v) is 17.7. The zero-order valence-electron chi connectivity index (χ0n) is 17.7. The number of anilines is 1. The van der Waals surface area contributed by atoms with Crippen molar-refractivity contribution in [3.63, 3.8) is 0 Å². The van der Waals surface area contributed by atoms with Gasteiger partial charge in [0.25, 0.3) is 0 Å². The normalized spacial score (nSPS) is 15.5. The molecule has 2 aromatic carbocycles. The van der Waals surface area contributed by atoms with Crippen molar-refractivity contribution in [3.8, 4) is 0 Å². The second kappa shape index (κ2) is 10.9. The van der Waals surface area contributed by atoms with E-state index in [1.54, 1.807) is 11.2 Å². The van der Waals surface area contributed by atoms with E-state index < -0.39 is 0 Å². The number of benzene rings is 2. The molecule has 6 nitrogen and oxygen atoms in total. The number of amides is 1. The Morgan fingerprint density at radius 3 is 2.35 bits per heavy atom. The number of furan rings is 1. The van der Waals surface area contributed by atoms with Gasteiger partial charge in [-0.25, -0.2) is 0 Å². The van der Waals surface area contributed by atoms with Gasteiger partial charge in [-0.1, -0.05) is 48.5 Å². The van der Waals surface area contributed by atoms with E-state index in [1.807, 2.05) is 60.7 Å². The lowest BCUT2D eigenvalue weighted by Gasteiger charge is -2.31. The van der Waals surface area contributed by atoms with E-state index in [0.29, 0.717) is 6.54 Å². The van der Waals surface area contributed by atoms with Gasteiger partial charge < -0.3 is 19.4 Å². The molecule has 1 fully saturated rings. The maximum Gasteiger partial charge on any atom is 0.241 e. The molecule has 0 saturated carbocycles. The minimum atomic E-state index is 0.00510. The maximum absolute atomic E-state index is 13.3. The molecule has 2 heterocycles. The molecular formula is C25H29N3O3. The van der Waals surface area contributed by atoms with Crippen LogP contribution >= 0.6 is 0 Å². The van der Waals surface area contributed by atoms with Crippen LogP contribution in [0.2, 0.25) is 0 Å². The van der Waals surface area contributed by atoms with Crippen molar-refractivity contribution in [1.82, 2.24) is 10.2 Å². The summed E-state index contributed by atoms with van der Waals surface area (Å²) in [5, 5.41) is 3.51. The van der Waals surface area contributed by atoms with Gasteiger partial charge in [-0.3, -0.25) is 9.69 Å². The van der Waals surface area contributed by atoms with Gasteiger partial charge in [-0.05, 0) is 29.8 Å². The van der Waals surface area contributed by atoms with Crippen molar-refractivity contribution in [1.29, 1.82) is 0 Å². The fraction of sp³-hybridized carbons (Fsp3) is 0.320. The topological polar surface area (TPSA) is 58.0 Å². The Morgan fingerprint density at radius 1 is 0.968 bits per heavy atom. The van der Waals surface area contributed by atoms with Gasteiger partial charge in [-0.2, -0.15) is 0 Å². The molecule has 1 aromatic heterocycles. The highest BCUT2D eigenvalue weighted by Gasteiger charge is 2.22. The summed E-state index contributed by atoms with van der Waals surface area (Å²) in [6.07, 6.45) is 1.63. The van der Waals surface area contributed by atoms with Crippen molar-refractivity contribution < 1.29 is 13.9 Å². The van der Waals surface area contributed by atoms with Gasteiger partial charge >= 0.3 is 0 Å². The number of morpholine rings is 1. The average Bonchev–Trinajstić information content (AvgIpc) is 3.35. The summed E-state index contributed by atoms with van der Waals surface area (Å²) in [6.45, 7) is 4.80. The van der Waals surface area contributed by atoms with Gasteiger partial charge in [0.1, 0.15) is 5.76 Å². The van der Waals surface area contributed by atoms with Crippen molar-refractivity contribution in [2.24, 2.45) is 0 Å². The Balaban J connectivity index is 1.46. The number of hydrogen-bond acceptors (Lipinski definition) is 5. The fourth-order valence-corrected chi connectivity index (χ4v) is 3.81. The van der Waals surface area contributed by atoms with Crippen LogP contribution in [0.3, 0.4) is 0 Å². The Labute approximate surface area is 183 Å². The second-order valence-corrected chi connectivity index (χ2v) is 7.65. The lowest BCUT2D eigenvalue weighted by molar-refractivity contribution is -0.118. The first-order valence-corrected chi connectivity index (χ1v) is 10.8. The second-order valence-electron chi connectivity index (χ2n) is 7.65. The number of para-hydroxylation sites is 1. The molecule has 1 N–H and O–H groups in total. The van der Waals surface area contributed by atoms with E-state index in [-0.39, 0.29) is 18.5 Å². The smallest absolute Gasteiger partial charge is 0.241 e. The summed E-state index contributed by atoms with van der Waals surface area (Å²) in [4.78, 5) is 17.4. The number of rotatable bonds is 9. The van der Waals surface area contributed by atoms with E-state index in [1.165, 1.54) is 5.56 Å². The predicted octanol–water partition coefficient (Wildman–Crippen LogP) is 3.48. The molecular weight excluding hydrogens is 390 g/mol. The standard InChI is InChI=1S/C25H29N3O3/c29-25(28(19-23-12-7-15-31-23)22-10-5-2-6-11-22)18-26-24(21-8-3-1-4-9-21)20-27-13-16-30-17-14-27/h1-12,15,24,26H,13-14,16-20H2. The monoisotopic (exact) mass is 419 g/mol. The lowest BCUT2D eigenvalue weighted by Crippen LogP contribution is -2.44. The van der Waals surface area contributed by atoms with Crippen LogP contribution in [0.4, 0.5) is 5.69 Å². The van der Waals surface area contributed by atoms with Crippen molar-refractivity contribution >= 4 is 11.6 Å². The molecule has 1 aliphatic heterocycles. The van der Waals surface area contributed by atoms with Crippen LogP contribution in [0.5, 0.6) is 0 Å². The minimum absolute atomic E-state index is 0.00510. The van der Waals surface area contributed by atoms with Crippen LogP contribution in [0.25, 0.3) is 0 Å². The number of hydrogen-bond donors (Lipinski definition) is 1. The quantitative estimate of drug-likeness (QED) is 0.576. The van der Waals surface area contributed by atoms with Gasteiger partial charge in [0.05, 0.1) is 32.6 Å². The Bertz CT molecular complexity index is 910. The van der Waals surface area contributed by atoms with Crippen LogP contribution in [-0.2, 0) is 16.1 Å². The maximum atomic E-state index is 13.3. The first-order chi connectivity index (χ1) is 15.3. The average molecular weight is 420 g/mol. The van der Waals surface area contributed by atoms with Crippen molar-refractivity contribution in [2.75, 3.05) is 44.3 Å². The highest BCUT2D eigenvalue weighted by Crippen LogP contribution is 2.19. The van der Waals surface area contributed by atoms with Crippen LogP contribution in [-0.4, -0.2) is 50.2 Å². The number of nitrogens with zero attached hydrogens (tertiary/aromatic N) is 2. The molecule has 0 bridgehead atoms. The highest BCUT2D eigenvalue weighted by molar-refractivity contribution is 5.94. The summed E-state index contributed by atoms with van der Waals surface area (Å²) in [5.41, 5.74) is 2.04. The highest BCUT2D eigenvalue weighted by atomic mass is 16.5. The first-order valence-electron chi connectivity index (χ1n) is 10.8. The van der Waals surface area contributed by atoms with E-state index >= 15 is 0 Å². The SMILES string of the molecule is O=C(CNC(CN1CCOCC1)c1ccccc1)N(Cc1ccco1)c1ccccc1. The molecule has 1 unspecified atom stereocenters. The van der Waals surface area contributed by atoms with E-state index in [4.69, 9.17) is 9.15 Å². The molecule has 1 amide bonds. The summed E-state index contributed by atoms with van der Waals surface area (Å²) in [6, 6.07) is 23.8. The molecule has 1 aliphatic rings. The molecule has 1 atom stereocenters. The van der Waals surface area contributed by atoms with Gasteiger partial charge in [0.2, 0.25) is 5.91 Å². The third kappa shape index (κ3) is 6.04. The molecule has 1 saturated heterocycles. The van der Waals surface area contributed by atoms with Crippen molar-refractivity contribution in [3.05, 3.63) is 90.4 Å². The molecule has 4 rings (SSSR count). The number of carbonyl (C=O) groups is 1. The fourth-order valence-electron chi connectivity index (χ4n) is 3.81. The van der Waals surface area contributed by atoms with E-state index in [9.17, 15) is 4.79 Å². The summed E-state index contributed by atoms with van der Waals surface area (Å²) >= 11 is 0. The molecule has 3 aromatic rings. The van der Waals surface area contributed by atoms with E-state index in [0.717, 1.165) is 44.3 Å². The summed E-state index contributed by atoms with van der Waals surface area (Å²) in [5.74, 6) is 0.760. The molecule has 162 valence electrons. The van der Waals surface area contributed by atoms with Gasteiger partial charge in [0.15, 0.2) is 0 Å². The first kappa shape index (κ1) is 21.3. The third-order valence-corrected chi connectivity index (χ3v) is 5.51. The lowest BCUT2D eigenvalue weighted by atomic mass is 10.1. The molecule has 0 radical (unpaired) electrons. The van der Waals surface area contributed by atoms with Crippen LogP contribution in [0.1, 0.15) is 17.4 Å². The summed E-state index contributed by atoms with van der Waals surface area (Å²) < 4.78 is 11.0. The molecule has 0 aliphatic carbocycles. The van der Waals surface area contributed by atoms with Crippen LogP contribution in [0, 0.1) is 0 Å².